The summed E-state index contributed by atoms with van der Waals surface area (Å²) in [6.07, 6.45) is 10.8. The predicted molar refractivity (Wildman–Crippen MR) is 133 cm³/mol. The van der Waals surface area contributed by atoms with Gasteiger partial charge in [-0.3, -0.25) is 24.2 Å². The number of nitrogens with zero attached hydrogens (tertiary/aromatic N) is 7. The van der Waals surface area contributed by atoms with Gasteiger partial charge in [-0.1, -0.05) is 11.3 Å². The molecule has 11 nitrogen and oxygen atoms in total. The molecular weight excluding hydrogens is 458 g/mol. The largest absolute Gasteiger partial charge is 0.324 e. The van der Waals surface area contributed by atoms with Crippen molar-refractivity contribution in [2.75, 3.05) is 30.3 Å². The van der Waals surface area contributed by atoms with Crippen molar-refractivity contribution in [1.82, 2.24) is 34.5 Å². The normalized spacial score (nSPS) is 16.5. The van der Waals surface area contributed by atoms with Crippen molar-refractivity contribution in [2.24, 2.45) is 12.5 Å². The molecule has 11 heteroatoms. The first kappa shape index (κ1) is 22.4. The van der Waals surface area contributed by atoms with Gasteiger partial charge in [-0.2, -0.15) is 5.10 Å². The Bertz CT molecular complexity index is 1480. The Hall–Kier alpha value is -4.12. The van der Waals surface area contributed by atoms with Crippen LogP contribution in [0, 0.1) is 12.3 Å². The maximum absolute atomic E-state index is 13.1. The summed E-state index contributed by atoms with van der Waals surface area (Å²) in [5, 5.41) is 18.2. The number of carbonyl (C=O) groups is 2. The van der Waals surface area contributed by atoms with E-state index < -0.39 is 5.91 Å². The molecule has 2 fully saturated rings. The van der Waals surface area contributed by atoms with Crippen LogP contribution in [0.3, 0.4) is 0 Å². The number of hydrogen-bond acceptors (Lipinski definition) is 7. The van der Waals surface area contributed by atoms with E-state index in [2.05, 4.69) is 35.9 Å². The molecule has 0 aromatic carbocycles. The first-order valence-electron chi connectivity index (χ1n) is 12.0. The Morgan fingerprint density at radius 2 is 1.94 bits per heavy atom. The quantitative estimate of drug-likeness (QED) is 0.430. The summed E-state index contributed by atoms with van der Waals surface area (Å²) in [5.41, 5.74) is 4.79. The SMILES string of the molecule is Cc1ncc(NC(=O)CN2CCC3(CC3)C2)cc1NC(=O)c1nnn2cc(-c3cnn(C)c3)ccc12. The van der Waals surface area contributed by atoms with Gasteiger partial charge in [0.25, 0.3) is 5.91 Å². The zero-order valence-electron chi connectivity index (χ0n) is 20.2. The van der Waals surface area contributed by atoms with Gasteiger partial charge in [0, 0.05) is 37.1 Å². The summed E-state index contributed by atoms with van der Waals surface area (Å²) in [5.74, 6) is -0.483. The van der Waals surface area contributed by atoms with Crippen molar-refractivity contribution in [3.8, 4) is 11.1 Å². The molecule has 5 heterocycles. The average molecular weight is 486 g/mol. The second-order valence-electron chi connectivity index (χ2n) is 9.91. The molecule has 1 aliphatic heterocycles. The van der Waals surface area contributed by atoms with Crippen molar-refractivity contribution in [3.05, 3.63) is 54.4 Å². The van der Waals surface area contributed by atoms with Gasteiger partial charge in [0.15, 0.2) is 5.69 Å². The van der Waals surface area contributed by atoms with Crippen LogP contribution in [-0.2, 0) is 11.8 Å². The molecule has 4 aromatic heterocycles. The number of aromatic nitrogens is 6. The summed E-state index contributed by atoms with van der Waals surface area (Å²) < 4.78 is 3.30. The van der Waals surface area contributed by atoms with E-state index >= 15 is 0 Å². The van der Waals surface area contributed by atoms with Gasteiger partial charge >= 0.3 is 0 Å². The molecule has 2 aliphatic rings. The number of amides is 2. The van der Waals surface area contributed by atoms with Crippen LogP contribution in [0.25, 0.3) is 16.6 Å². The molecule has 6 rings (SSSR count). The fourth-order valence-electron chi connectivity index (χ4n) is 4.86. The topological polar surface area (TPSA) is 122 Å². The highest BCUT2D eigenvalue weighted by Crippen LogP contribution is 2.52. The smallest absolute Gasteiger partial charge is 0.278 e. The molecule has 0 unspecified atom stereocenters. The molecule has 4 aromatic rings. The maximum Gasteiger partial charge on any atom is 0.278 e. The number of hydrogen-bond donors (Lipinski definition) is 2. The third-order valence-corrected chi connectivity index (χ3v) is 7.13. The minimum absolute atomic E-state index is 0.0793. The molecule has 0 atom stereocenters. The van der Waals surface area contributed by atoms with E-state index in [0.717, 1.165) is 24.2 Å². The molecule has 0 bridgehead atoms. The number of likely N-dealkylation sites (tertiary alicyclic amines) is 1. The van der Waals surface area contributed by atoms with Crippen molar-refractivity contribution in [3.63, 3.8) is 0 Å². The second-order valence-corrected chi connectivity index (χ2v) is 9.91. The van der Waals surface area contributed by atoms with Gasteiger partial charge in [-0.15, -0.1) is 5.10 Å². The first-order valence-corrected chi connectivity index (χ1v) is 12.0. The van der Waals surface area contributed by atoms with E-state index in [9.17, 15) is 9.59 Å². The standard InChI is InChI=1S/C25H27N9O2/c1-16-20(9-19(11-26-16)28-22(35)14-33-8-7-25(15-33)5-6-25)29-24(36)23-21-4-3-17(13-34(21)31-30-23)18-10-27-32(2)12-18/h3-4,9-13H,5-8,14-15H2,1-2H3,(H,28,35)(H,29,36). The van der Waals surface area contributed by atoms with Gasteiger partial charge in [0.1, 0.15) is 0 Å². The van der Waals surface area contributed by atoms with E-state index in [4.69, 9.17) is 0 Å². The van der Waals surface area contributed by atoms with Gasteiger partial charge < -0.3 is 10.6 Å². The highest BCUT2D eigenvalue weighted by atomic mass is 16.2. The number of pyridine rings is 2. The van der Waals surface area contributed by atoms with Crippen LogP contribution in [0.5, 0.6) is 0 Å². The molecule has 1 spiro atoms. The summed E-state index contributed by atoms with van der Waals surface area (Å²) >= 11 is 0. The van der Waals surface area contributed by atoms with E-state index in [0.29, 0.717) is 34.5 Å². The van der Waals surface area contributed by atoms with Gasteiger partial charge in [0.2, 0.25) is 5.91 Å². The Balaban J connectivity index is 1.15. The third-order valence-electron chi connectivity index (χ3n) is 7.13. The summed E-state index contributed by atoms with van der Waals surface area (Å²) in [6.45, 7) is 4.14. The second kappa shape index (κ2) is 8.52. The average Bonchev–Trinajstić information content (AvgIpc) is 3.15. The minimum Gasteiger partial charge on any atom is -0.324 e. The van der Waals surface area contributed by atoms with Crippen molar-refractivity contribution >= 4 is 28.7 Å². The highest BCUT2D eigenvalue weighted by molar-refractivity contribution is 6.08. The van der Waals surface area contributed by atoms with Crippen molar-refractivity contribution < 1.29 is 9.59 Å². The lowest BCUT2D eigenvalue weighted by Crippen LogP contribution is -2.31. The number of anilines is 2. The summed E-state index contributed by atoms with van der Waals surface area (Å²) in [7, 11) is 1.85. The fourth-order valence-corrected chi connectivity index (χ4v) is 4.86. The maximum atomic E-state index is 13.1. The molecule has 36 heavy (non-hydrogen) atoms. The highest BCUT2D eigenvalue weighted by Gasteiger charge is 2.47. The van der Waals surface area contributed by atoms with Crippen molar-refractivity contribution in [2.45, 2.75) is 26.2 Å². The predicted octanol–water partition coefficient (Wildman–Crippen LogP) is 2.51. The molecule has 1 saturated carbocycles. The lowest BCUT2D eigenvalue weighted by Gasteiger charge is -2.16. The van der Waals surface area contributed by atoms with E-state index in [1.165, 1.54) is 19.3 Å². The van der Waals surface area contributed by atoms with Gasteiger partial charge in [-0.05, 0) is 50.3 Å². The Labute approximate surface area is 207 Å². The van der Waals surface area contributed by atoms with Crippen molar-refractivity contribution in [1.29, 1.82) is 0 Å². The Morgan fingerprint density at radius 1 is 1.08 bits per heavy atom. The zero-order chi connectivity index (χ0) is 24.9. The van der Waals surface area contributed by atoms with E-state index in [1.807, 2.05) is 31.6 Å². The van der Waals surface area contributed by atoms with Crippen LogP contribution in [-0.4, -0.2) is 65.9 Å². The molecule has 1 aliphatic carbocycles. The molecule has 2 amide bonds. The number of nitrogens with one attached hydrogen (secondary N) is 2. The van der Waals surface area contributed by atoms with Crippen LogP contribution >= 0.6 is 0 Å². The number of carbonyl (C=O) groups excluding carboxylic acids is 2. The van der Waals surface area contributed by atoms with Crippen LogP contribution in [0.1, 0.15) is 35.4 Å². The molecule has 184 valence electrons. The lowest BCUT2D eigenvalue weighted by atomic mass is 10.1. The third kappa shape index (κ3) is 4.33. The summed E-state index contributed by atoms with van der Waals surface area (Å²) in [6, 6.07) is 5.43. The Kier molecular flexibility index (Phi) is 5.29. The van der Waals surface area contributed by atoms with Gasteiger partial charge in [-0.25, -0.2) is 4.52 Å². The lowest BCUT2D eigenvalue weighted by molar-refractivity contribution is -0.117. The minimum atomic E-state index is -0.403. The van der Waals surface area contributed by atoms with Gasteiger partial charge in [0.05, 0.1) is 41.5 Å². The number of fused-ring (bicyclic) bond motifs is 1. The molecular formula is C25H27N9O2. The van der Waals surface area contributed by atoms with E-state index in [-0.39, 0.29) is 11.6 Å². The van der Waals surface area contributed by atoms with Crippen LogP contribution in [0.2, 0.25) is 0 Å². The van der Waals surface area contributed by atoms with E-state index in [1.54, 1.807) is 34.6 Å². The molecule has 1 saturated heterocycles. The van der Waals surface area contributed by atoms with Crippen LogP contribution in [0.15, 0.2) is 43.0 Å². The Morgan fingerprint density at radius 3 is 2.69 bits per heavy atom. The molecule has 2 N–H and O–H groups in total. The first-order chi connectivity index (χ1) is 17.4. The fraction of sp³-hybridized carbons (Fsp3) is 0.360. The zero-order valence-corrected chi connectivity index (χ0v) is 20.2. The van der Waals surface area contributed by atoms with Crippen LogP contribution < -0.4 is 10.6 Å². The summed E-state index contributed by atoms with van der Waals surface area (Å²) in [4.78, 5) is 32.2. The number of aryl methyl sites for hydroxylation is 2. The molecule has 0 radical (unpaired) electrons. The number of rotatable bonds is 6. The van der Waals surface area contributed by atoms with Crippen LogP contribution in [0.4, 0.5) is 11.4 Å². The monoisotopic (exact) mass is 485 g/mol.